The van der Waals surface area contributed by atoms with E-state index in [-0.39, 0.29) is 12.5 Å². The van der Waals surface area contributed by atoms with Crippen LogP contribution in [0.25, 0.3) is 5.65 Å². The maximum Gasteiger partial charge on any atom is 0.328 e. The predicted molar refractivity (Wildman–Crippen MR) is 125 cm³/mol. The van der Waals surface area contributed by atoms with Gasteiger partial charge in [-0.3, -0.25) is 15.0 Å². The summed E-state index contributed by atoms with van der Waals surface area (Å²) in [6, 6.07) is 2.30. The van der Waals surface area contributed by atoms with Crippen molar-refractivity contribution in [2.75, 3.05) is 41.3 Å². The first-order valence-electron chi connectivity index (χ1n) is 10.9. The van der Waals surface area contributed by atoms with Gasteiger partial charge >= 0.3 is 6.03 Å². The van der Waals surface area contributed by atoms with Crippen LogP contribution in [0.2, 0.25) is 0 Å². The summed E-state index contributed by atoms with van der Waals surface area (Å²) in [5, 5.41) is 13.3. The molecular weight excluding hydrogens is 424 g/mol. The number of nitrogens with zero attached hydrogens (tertiary/aromatic N) is 6. The summed E-state index contributed by atoms with van der Waals surface area (Å²) in [6.07, 6.45) is 6.32. The molecule has 0 unspecified atom stereocenters. The van der Waals surface area contributed by atoms with Gasteiger partial charge in [-0.1, -0.05) is 0 Å². The highest BCUT2D eigenvalue weighted by atomic mass is 16.3. The van der Waals surface area contributed by atoms with Crippen LogP contribution in [-0.2, 0) is 11.2 Å². The third-order valence-electron chi connectivity index (χ3n) is 5.76. The summed E-state index contributed by atoms with van der Waals surface area (Å²) in [5.41, 5.74) is 4.82. The second kappa shape index (κ2) is 9.41. The van der Waals surface area contributed by atoms with Crippen molar-refractivity contribution in [1.82, 2.24) is 24.7 Å². The average Bonchev–Trinajstić information content (AvgIpc) is 3.37. The highest BCUT2D eigenvalue weighted by Gasteiger charge is 2.30. The average molecular weight is 453 g/mol. The normalized spacial score (nSPS) is 17.4. The molecule has 11 nitrogen and oxygen atoms in total. The molecule has 1 atom stereocenters. The topological polar surface area (TPSA) is 128 Å². The van der Waals surface area contributed by atoms with E-state index in [0.29, 0.717) is 18.4 Å². The molecule has 1 saturated heterocycles. The number of hydrogen-bond donors (Lipinski definition) is 3. The van der Waals surface area contributed by atoms with Gasteiger partial charge in [-0.2, -0.15) is 0 Å². The van der Waals surface area contributed by atoms with Crippen LogP contribution >= 0.6 is 0 Å². The van der Waals surface area contributed by atoms with E-state index in [4.69, 9.17) is 9.90 Å². The van der Waals surface area contributed by atoms with Gasteiger partial charge in [-0.25, -0.2) is 19.7 Å². The van der Waals surface area contributed by atoms with Crippen LogP contribution in [0.4, 0.5) is 22.1 Å². The van der Waals surface area contributed by atoms with E-state index in [1.165, 1.54) is 5.69 Å². The van der Waals surface area contributed by atoms with E-state index >= 15 is 0 Å². The molecule has 0 radical (unpaired) electrons. The fraction of sp³-hybridized carbons (Fsp3) is 0.409. The van der Waals surface area contributed by atoms with Gasteiger partial charge in [0.2, 0.25) is 0 Å². The summed E-state index contributed by atoms with van der Waals surface area (Å²) in [5.74, 6) is 1.25. The van der Waals surface area contributed by atoms with Crippen LogP contribution in [0, 0.1) is 13.8 Å². The molecular formula is C22H28N8O3. The fourth-order valence-electron chi connectivity index (χ4n) is 4.43. The van der Waals surface area contributed by atoms with Crippen molar-refractivity contribution in [3.05, 3.63) is 41.6 Å². The maximum atomic E-state index is 13.1. The summed E-state index contributed by atoms with van der Waals surface area (Å²) in [4.78, 5) is 39.0. The van der Waals surface area contributed by atoms with Gasteiger partial charge in [0, 0.05) is 55.9 Å². The van der Waals surface area contributed by atoms with E-state index in [1.54, 1.807) is 17.3 Å². The van der Waals surface area contributed by atoms with Crippen molar-refractivity contribution >= 4 is 35.5 Å². The van der Waals surface area contributed by atoms with Crippen molar-refractivity contribution in [2.24, 2.45) is 0 Å². The lowest BCUT2D eigenvalue weighted by atomic mass is 10.1. The Labute approximate surface area is 191 Å². The molecule has 3 N–H and O–H groups in total. The molecule has 5 rings (SSSR count). The Morgan fingerprint density at radius 3 is 2.82 bits per heavy atom. The molecule has 1 fully saturated rings. The van der Waals surface area contributed by atoms with Gasteiger partial charge in [-0.05, 0) is 33.3 Å². The second-order valence-corrected chi connectivity index (χ2v) is 8.20. The number of carbonyl (C=O) groups is 2. The minimum absolute atomic E-state index is 0.213. The summed E-state index contributed by atoms with van der Waals surface area (Å²) in [6.45, 7) is 9.26. The number of piperazine rings is 1. The lowest BCUT2D eigenvalue weighted by molar-refractivity contribution is -0.122. The van der Waals surface area contributed by atoms with Crippen LogP contribution in [-0.4, -0.2) is 69.2 Å². The molecule has 3 aromatic heterocycles. The highest BCUT2D eigenvalue weighted by Crippen LogP contribution is 2.34. The Bertz CT molecular complexity index is 1180. The first kappa shape index (κ1) is 22.5. The summed E-state index contributed by atoms with van der Waals surface area (Å²) < 4.78 is 1.90. The van der Waals surface area contributed by atoms with Crippen LogP contribution in [0.5, 0.6) is 0 Å². The predicted octanol–water partition coefficient (Wildman–Crippen LogP) is 1.83. The van der Waals surface area contributed by atoms with Crippen LogP contribution in [0.15, 0.2) is 24.7 Å². The number of imidazole rings is 1. The van der Waals surface area contributed by atoms with Gasteiger partial charge in [0.15, 0.2) is 11.5 Å². The smallest absolute Gasteiger partial charge is 0.328 e. The molecule has 0 bridgehead atoms. The van der Waals surface area contributed by atoms with Crippen LogP contribution in [0.3, 0.4) is 0 Å². The third-order valence-corrected chi connectivity index (χ3v) is 5.76. The van der Waals surface area contributed by atoms with Crippen molar-refractivity contribution < 1.29 is 14.7 Å². The van der Waals surface area contributed by atoms with E-state index in [9.17, 15) is 4.79 Å². The first-order chi connectivity index (χ1) is 15.9. The van der Waals surface area contributed by atoms with Gasteiger partial charge < -0.3 is 19.7 Å². The molecule has 5 heterocycles. The second-order valence-electron chi connectivity index (χ2n) is 8.20. The SMILES string of the molecule is Cc1cn2cc(NC(=O)N3CCc4c(N5CCN[C@H](C)C5)ccnc43)nc(C)c2n1.O=CO. The molecule has 0 saturated carbocycles. The van der Waals surface area contributed by atoms with Crippen LogP contribution < -0.4 is 20.4 Å². The third kappa shape index (κ3) is 4.58. The molecule has 3 aromatic rings. The Balaban J connectivity index is 0.000000821. The van der Waals surface area contributed by atoms with Gasteiger partial charge in [0.1, 0.15) is 5.82 Å². The number of urea groups is 1. The van der Waals surface area contributed by atoms with Crippen molar-refractivity contribution in [3.63, 3.8) is 0 Å². The zero-order valence-corrected chi connectivity index (χ0v) is 18.9. The molecule has 11 heteroatoms. The summed E-state index contributed by atoms with van der Waals surface area (Å²) >= 11 is 0. The Kier molecular flexibility index (Phi) is 6.40. The standard InChI is InChI=1S/C21H26N8O.CH2O2/c1-13-10-27(9-7-22-13)17-4-6-23-20-16(17)5-8-29(20)21(30)26-18-12-28-11-14(2)24-19(28)15(3)25-18;2-1-3/h4,6,11-13,22H,5,7-10H2,1-3H3,(H,26,30);1H,(H,2,3)/t13-;/m1./s1. The zero-order valence-electron chi connectivity index (χ0n) is 18.9. The minimum Gasteiger partial charge on any atom is -0.483 e. The number of aryl methyl sites for hydroxylation is 2. The fourth-order valence-corrected chi connectivity index (χ4v) is 4.43. The highest BCUT2D eigenvalue weighted by molar-refractivity contribution is 6.02. The van der Waals surface area contributed by atoms with Gasteiger partial charge in [0.05, 0.1) is 17.6 Å². The van der Waals surface area contributed by atoms with Crippen molar-refractivity contribution in [2.45, 2.75) is 33.2 Å². The van der Waals surface area contributed by atoms with E-state index in [0.717, 1.165) is 54.5 Å². The molecule has 174 valence electrons. The van der Waals surface area contributed by atoms with Gasteiger partial charge in [0.25, 0.3) is 6.47 Å². The summed E-state index contributed by atoms with van der Waals surface area (Å²) in [7, 11) is 0. The lowest BCUT2D eigenvalue weighted by Gasteiger charge is -2.34. The van der Waals surface area contributed by atoms with Crippen LogP contribution in [0.1, 0.15) is 23.9 Å². The number of fused-ring (bicyclic) bond motifs is 2. The van der Waals surface area contributed by atoms with Crippen molar-refractivity contribution in [3.8, 4) is 0 Å². The van der Waals surface area contributed by atoms with E-state index in [2.05, 4.69) is 43.5 Å². The molecule has 0 spiro atoms. The molecule has 2 aliphatic heterocycles. The Morgan fingerprint density at radius 2 is 2.06 bits per heavy atom. The maximum absolute atomic E-state index is 13.1. The number of amides is 2. The number of aromatic nitrogens is 4. The largest absolute Gasteiger partial charge is 0.483 e. The number of hydrogen-bond acceptors (Lipinski definition) is 7. The molecule has 2 amide bonds. The van der Waals surface area contributed by atoms with Gasteiger partial charge in [-0.15, -0.1) is 0 Å². The quantitative estimate of drug-likeness (QED) is 0.503. The monoisotopic (exact) mass is 452 g/mol. The number of carbonyl (C=O) groups excluding carboxylic acids is 1. The number of pyridine rings is 1. The van der Waals surface area contributed by atoms with Crippen molar-refractivity contribution in [1.29, 1.82) is 0 Å². The number of anilines is 3. The molecule has 0 aromatic carbocycles. The molecule has 33 heavy (non-hydrogen) atoms. The Hall–Kier alpha value is -3.73. The first-order valence-corrected chi connectivity index (χ1v) is 10.9. The number of carboxylic acid groups (broad SMARTS) is 1. The van der Waals surface area contributed by atoms with E-state index < -0.39 is 0 Å². The zero-order chi connectivity index (χ0) is 23.5. The Morgan fingerprint density at radius 1 is 1.27 bits per heavy atom. The van der Waals surface area contributed by atoms with E-state index in [1.807, 2.05) is 24.4 Å². The molecule has 2 aliphatic rings. The minimum atomic E-state index is -0.250. The molecule has 0 aliphatic carbocycles. The number of nitrogens with one attached hydrogen (secondary N) is 2. The lowest BCUT2D eigenvalue weighted by Crippen LogP contribution is -2.49. The number of rotatable bonds is 2.